The van der Waals surface area contributed by atoms with Crippen LogP contribution in [-0.4, -0.2) is 17.7 Å². The number of carbonyl (C=O) groups excluding carboxylic acids is 1. The highest BCUT2D eigenvalue weighted by Crippen LogP contribution is 2.36. The van der Waals surface area contributed by atoms with Crippen LogP contribution >= 0.6 is 50.9 Å². The molecule has 148 valence electrons. The van der Waals surface area contributed by atoms with Crippen molar-refractivity contribution in [2.24, 2.45) is 4.99 Å². The highest BCUT2D eigenvalue weighted by atomic mass is 79.9. The molecule has 1 saturated heterocycles. The minimum absolute atomic E-state index is 0.160. The highest BCUT2D eigenvalue weighted by molar-refractivity contribution is 9.10. The van der Waals surface area contributed by atoms with Gasteiger partial charge in [0.25, 0.3) is 5.91 Å². The Morgan fingerprint density at radius 1 is 1.24 bits per heavy atom. The molecule has 29 heavy (non-hydrogen) atoms. The number of halogens is 3. The summed E-state index contributed by atoms with van der Waals surface area (Å²) in [4.78, 5) is 17.3. The van der Waals surface area contributed by atoms with Crippen LogP contribution in [0.3, 0.4) is 0 Å². The normalized spacial score (nSPS) is 16.2. The van der Waals surface area contributed by atoms with E-state index in [1.165, 1.54) is 11.8 Å². The number of amidine groups is 1. The second-order valence-electron chi connectivity index (χ2n) is 6.14. The van der Waals surface area contributed by atoms with Crippen molar-refractivity contribution >= 4 is 73.7 Å². The number of thioether (sulfide) groups is 1. The molecular weight excluding hydrogens is 497 g/mol. The molecule has 0 radical (unpaired) electrons. The fourth-order valence-corrected chi connectivity index (χ4v) is 4.33. The van der Waals surface area contributed by atoms with Crippen molar-refractivity contribution in [3.63, 3.8) is 0 Å². The average Bonchev–Trinajstić information content (AvgIpc) is 2.98. The molecule has 0 saturated carbocycles. The Balaban J connectivity index is 1.85. The van der Waals surface area contributed by atoms with E-state index in [0.29, 0.717) is 15.6 Å². The van der Waals surface area contributed by atoms with Gasteiger partial charge in [0.1, 0.15) is 6.07 Å². The number of hydrogen-bond acceptors (Lipinski definition) is 5. The van der Waals surface area contributed by atoms with Gasteiger partial charge in [-0.2, -0.15) is 5.26 Å². The van der Waals surface area contributed by atoms with Gasteiger partial charge in [-0.3, -0.25) is 4.79 Å². The van der Waals surface area contributed by atoms with E-state index < -0.39 is 0 Å². The van der Waals surface area contributed by atoms with Gasteiger partial charge >= 0.3 is 0 Å². The first kappa shape index (κ1) is 21.7. The summed E-state index contributed by atoms with van der Waals surface area (Å²) in [6, 6.07) is 8.99. The van der Waals surface area contributed by atoms with Gasteiger partial charge < -0.3 is 10.1 Å². The molecule has 9 heteroatoms. The van der Waals surface area contributed by atoms with Gasteiger partial charge in [0.05, 0.1) is 20.6 Å². The Hall–Kier alpha value is -1.98. The Bertz CT molecular complexity index is 1060. The number of nitrogens with zero attached hydrogens (tertiary/aromatic N) is 2. The van der Waals surface area contributed by atoms with Crippen molar-refractivity contribution in [3.8, 4) is 11.8 Å². The van der Waals surface area contributed by atoms with Crippen molar-refractivity contribution in [2.45, 2.75) is 13.8 Å². The summed E-state index contributed by atoms with van der Waals surface area (Å²) in [5, 5.41) is 12.4. The minimum atomic E-state index is -0.253. The number of nitriles is 1. The molecule has 1 aliphatic heterocycles. The predicted octanol–water partition coefficient (Wildman–Crippen LogP) is 6.17. The van der Waals surface area contributed by atoms with E-state index in [4.69, 9.17) is 33.2 Å². The molecule has 0 unspecified atom stereocenters. The van der Waals surface area contributed by atoms with Crippen LogP contribution in [0.25, 0.3) is 6.08 Å². The van der Waals surface area contributed by atoms with Gasteiger partial charge in [-0.25, -0.2) is 4.99 Å². The van der Waals surface area contributed by atoms with Gasteiger partial charge in [0, 0.05) is 4.47 Å². The number of hydrogen-bond donors (Lipinski definition) is 1. The summed E-state index contributed by atoms with van der Waals surface area (Å²) < 4.78 is 6.26. The molecule has 1 heterocycles. The first-order valence-corrected chi connectivity index (χ1v) is 10.7. The third kappa shape index (κ3) is 5.14. The number of aliphatic imine (C=N–C) groups is 1. The molecule has 1 N–H and O–H groups in total. The number of ether oxygens (including phenoxy) is 1. The molecule has 0 bridgehead atoms. The summed E-state index contributed by atoms with van der Waals surface area (Å²) in [7, 11) is 0. The van der Waals surface area contributed by atoms with Crippen LogP contribution in [0.1, 0.15) is 16.7 Å². The third-order valence-corrected chi connectivity index (χ3v) is 6.62. The molecule has 1 aliphatic rings. The lowest BCUT2D eigenvalue weighted by atomic mass is 10.1. The Morgan fingerprint density at radius 2 is 1.86 bits per heavy atom. The maximum Gasteiger partial charge on any atom is 0.264 e. The summed E-state index contributed by atoms with van der Waals surface area (Å²) in [5.41, 5.74) is 3.53. The lowest BCUT2D eigenvalue weighted by molar-refractivity contribution is -0.115. The molecule has 2 aromatic carbocycles. The maximum absolute atomic E-state index is 12.3. The number of benzene rings is 2. The summed E-state index contributed by atoms with van der Waals surface area (Å²) in [6.45, 7) is 3.82. The number of aryl methyl sites for hydroxylation is 2. The van der Waals surface area contributed by atoms with Crippen LogP contribution in [0.2, 0.25) is 10.0 Å². The number of nitrogens with one attached hydrogen (secondary N) is 1. The van der Waals surface area contributed by atoms with Gasteiger partial charge in [-0.05, 0) is 72.6 Å². The SMILES string of the molecule is Cc1cc(N=C2NC(=O)/C(=C/c3cc(Cl)c(OCC#N)c(Cl)c3)S2)cc(C)c1Br. The molecule has 0 atom stereocenters. The predicted molar refractivity (Wildman–Crippen MR) is 122 cm³/mol. The van der Waals surface area contributed by atoms with E-state index in [0.717, 1.165) is 21.3 Å². The molecule has 0 spiro atoms. The van der Waals surface area contributed by atoms with Crippen molar-refractivity contribution < 1.29 is 9.53 Å². The zero-order valence-electron chi connectivity index (χ0n) is 15.3. The Labute approximate surface area is 190 Å². The van der Waals surface area contributed by atoms with Crippen LogP contribution in [0.5, 0.6) is 5.75 Å². The van der Waals surface area contributed by atoms with Crippen LogP contribution in [0.15, 0.2) is 38.6 Å². The largest absolute Gasteiger partial charge is 0.476 e. The van der Waals surface area contributed by atoms with E-state index in [9.17, 15) is 4.79 Å². The van der Waals surface area contributed by atoms with Gasteiger partial charge in [-0.15, -0.1) is 0 Å². The number of rotatable bonds is 4. The molecule has 5 nitrogen and oxygen atoms in total. The molecular formula is C20H14BrCl2N3O2S. The van der Waals surface area contributed by atoms with Crippen molar-refractivity contribution in [1.82, 2.24) is 5.32 Å². The molecule has 2 aromatic rings. The van der Waals surface area contributed by atoms with Crippen molar-refractivity contribution in [1.29, 1.82) is 5.26 Å². The summed E-state index contributed by atoms with van der Waals surface area (Å²) >= 11 is 17.1. The highest BCUT2D eigenvalue weighted by Gasteiger charge is 2.24. The van der Waals surface area contributed by atoms with E-state index in [-0.39, 0.29) is 28.3 Å². The fraction of sp³-hybridized carbons (Fsp3) is 0.150. The first-order valence-electron chi connectivity index (χ1n) is 8.33. The fourth-order valence-electron chi connectivity index (χ4n) is 2.64. The zero-order chi connectivity index (χ0) is 21.1. The standard InChI is InChI=1S/C20H14BrCl2N3O2S/c1-10-5-13(6-11(2)17(10)21)25-20-26-19(27)16(29-20)9-12-7-14(22)18(15(23)8-12)28-4-3-24/h5-9H,4H2,1-2H3,(H,25,26,27)/b16-9-. The molecule has 0 aliphatic carbocycles. The topological polar surface area (TPSA) is 74.5 Å². The van der Waals surface area contributed by atoms with E-state index >= 15 is 0 Å². The van der Waals surface area contributed by atoms with E-state index in [2.05, 4.69) is 26.2 Å². The second-order valence-corrected chi connectivity index (χ2v) is 8.77. The van der Waals surface area contributed by atoms with Crippen LogP contribution in [-0.2, 0) is 4.79 Å². The maximum atomic E-state index is 12.3. The van der Waals surface area contributed by atoms with Crippen molar-refractivity contribution in [3.05, 3.63) is 60.4 Å². The monoisotopic (exact) mass is 509 g/mol. The lowest BCUT2D eigenvalue weighted by Crippen LogP contribution is -2.19. The summed E-state index contributed by atoms with van der Waals surface area (Å²) in [6.07, 6.45) is 1.67. The van der Waals surface area contributed by atoms with Gasteiger partial charge in [-0.1, -0.05) is 39.1 Å². The van der Waals surface area contributed by atoms with Gasteiger partial charge in [0.2, 0.25) is 0 Å². The van der Waals surface area contributed by atoms with Crippen LogP contribution < -0.4 is 10.1 Å². The molecule has 0 aromatic heterocycles. The molecule has 1 fully saturated rings. The molecule has 3 rings (SSSR count). The minimum Gasteiger partial charge on any atom is -0.476 e. The zero-order valence-corrected chi connectivity index (χ0v) is 19.3. The van der Waals surface area contributed by atoms with Crippen LogP contribution in [0, 0.1) is 25.2 Å². The smallest absolute Gasteiger partial charge is 0.264 e. The van der Waals surface area contributed by atoms with Gasteiger partial charge in [0.15, 0.2) is 17.5 Å². The van der Waals surface area contributed by atoms with E-state index in [1.54, 1.807) is 18.2 Å². The number of amides is 1. The Morgan fingerprint density at radius 3 is 2.45 bits per heavy atom. The summed E-state index contributed by atoms with van der Waals surface area (Å²) in [5.74, 6) is -0.0138. The molecule has 1 amide bonds. The quantitative estimate of drug-likeness (QED) is 0.499. The Kier molecular flexibility index (Phi) is 6.91. The van der Waals surface area contributed by atoms with E-state index in [1.807, 2.05) is 32.0 Å². The van der Waals surface area contributed by atoms with Crippen LogP contribution in [0.4, 0.5) is 5.69 Å². The third-order valence-electron chi connectivity index (χ3n) is 3.90. The van der Waals surface area contributed by atoms with Crippen molar-refractivity contribution in [2.75, 3.05) is 6.61 Å². The average molecular weight is 511 g/mol. The number of carbonyl (C=O) groups is 1. The lowest BCUT2D eigenvalue weighted by Gasteiger charge is -2.08. The second kappa shape index (κ2) is 9.23. The first-order chi connectivity index (χ1) is 13.8.